The molecule has 0 saturated carbocycles. The van der Waals surface area contributed by atoms with Crippen molar-refractivity contribution in [2.24, 2.45) is 17.8 Å². The molecule has 12 heteroatoms. The van der Waals surface area contributed by atoms with Crippen LogP contribution in [0.3, 0.4) is 0 Å². The maximum absolute atomic E-state index is 13.7. The van der Waals surface area contributed by atoms with Crippen molar-refractivity contribution in [3.05, 3.63) is 102 Å². The summed E-state index contributed by atoms with van der Waals surface area (Å²) in [7, 11) is 0. The summed E-state index contributed by atoms with van der Waals surface area (Å²) in [5, 5.41) is 41.1. The van der Waals surface area contributed by atoms with E-state index in [0.717, 1.165) is 11.1 Å². The molecule has 1 unspecified atom stereocenters. The lowest BCUT2D eigenvalue weighted by atomic mass is 9.88. The molecule has 0 aliphatic heterocycles. The third-order valence-corrected chi connectivity index (χ3v) is 8.28. The van der Waals surface area contributed by atoms with Crippen LogP contribution in [-0.4, -0.2) is 74.5 Å². The minimum absolute atomic E-state index is 0.0493. The molecular formula is C37H48N4O8. The van der Waals surface area contributed by atoms with Gasteiger partial charge in [-0.25, -0.2) is 4.79 Å². The van der Waals surface area contributed by atoms with Crippen molar-refractivity contribution < 1.29 is 39.2 Å². The fourth-order valence-electron chi connectivity index (χ4n) is 5.44. The number of pyridine rings is 1. The lowest BCUT2D eigenvalue weighted by molar-refractivity contribution is -0.142. The SMILES string of the molecule is CC(C)C(CC(=O)O)C(=O)N[C@@H](Cc1ccccc1)[C@H](O)[C@H](O)[C@H](Cc1ccccc1)NC(=O)[C@@H](NC(=O)OCc1cccnc1)C(C)C. The number of benzene rings is 2. The number of carboxylic acid groups (broad SMARTS) is 1. The largest absolute Gasteiger partial charge is 0.481 e. The standard InChI is InChI=1S/C37H48N4O8/c1-23(2)28(20-31(42)43)35(46)39-29(18-25-12-7-5-8-13-25)33(44)34(45)30(19-26-14-9-6-10-15-26)40-36(47)32(24(3)4)41-37(48)49-22-27-16-11-17-38-21-27/h5-17,21,23-24,28-30,32-34,44-45H,18-20,22H2,1-4H3,(H,39,46)(H,40,47)(H,41,48)(H,42,43)/t28?,29-,30-,32-,33-,34+/m0/s1. The van der Waals surface area contributed by atoms with Crippen molar-refractivity contribution >= 4 is 23.9 Å². The van der Waals surface area contributed by atoms with E-state index in [1.807, 2.05) is 36.4 Å². The molecule has 49 heavy (non-hydrogen) atoms. The smallest absolute Gasteiger partial charge is 0.408 e. The first-order valence-corrected chi connectivity index (χ1v) is 16.4. The number of ether oxygens (including phenoxy) is 1. The highest BCUT2D eigenvalue weighted by molar-refractivity contribution is 5.86. The number of carbonyl (C=O) groups excluding carboxylic acids is 3. The normalized spacial score (nSPS) is 14.9. The zero-order chi connectivity index (χ0) is 35.9. The van der Waals surface area contributed by atoms with Crippen LogP contribution in [0.15, 0.2) is 85.2 Å². The van der Waals surface area contributed by atoms with E-state index in [9.17, 15) is 34.5 Å². The van der Waals surface area contributed by atoms with E-state index in [4.69, 9.17) is 4.74 Å². The first kappa shape index (κ1) is 38.6. The molecule has 0 bridgehead atoms. The van der Waals surface area contributed by atoms with Gasteiger partial charge in [-0.3, -0.25) is 19.4 Å². The van der Waals surface area contributed by atoms with Gasteiger partial charge in [-0.05, 0) is 41.9 Å². The van der Waals surface area contributed by atoms with Crippen molar-refractivity contribution in [3.63, 3.8) is 0 Å². The number of rotatable bonds is 18. The lowest BCUT2D eigenvalue weighted by Gasteiger charge is -2.35. The highest BCUT2D eigenvalue weighted by atomic mass is 16.5. The molecule has 3 amide bonds. The van der Waals surface area contributed by atoms with Gasteiger partial charge in [0.1, 0.15) is 24.9 Å². The van der Waals surface area contributed by atoms with Gasteiger partial charge in [-0.1, -0.05) is 94.4 Å². The average molecular weight is 677 g/mol. The molecule has 0 fully saturated rings. The topological polar surface area (TPSA) is 187 Å². The van der Waals surface area contributed by atoms with Gasteiger partial charge in [-0.15, -0.1) is 0 Å². The van der Waals surface area contributed by atoms with Gasteiger partial charge in [0.2, 0.25) is 11.8 Å². The molecule has 6 N–H and O–H groups in total. The minimum atomic E-state index is -1.60. The third-order valence-electron chi connectivity index (χ3n) is 8.28. The molecule has 1 heterocycles. The number of aliphatic hydroxyl groups is 2. The van der Waals surface area contributed by atoms with Gasteiger partial charge >= 0.3 is 12.1 Å². The number of carboxylic acids is 1. The Kier molecular flexibility index (Phi) is 15.2. The predicted molar refractivity (Wildman–Crippen MR) is 183 cm³/mol. The Bertz CT molecular complexity index is 1470. The molecule has 0 radical (unpaired) electrons. The van der Waals surface area contributed by atoms with E-state index in [0.29, 0.717) is 5.56 Å². The van der Waals surface area contributed by atoms with E-state index in [1.54, 1.807) is 76.5 Å². The molecule has 12 nitrogen and oxygen atoms in total. The fourth-order valence-corrected chi connectivity index (χ4v) is 5.44. The Balaban J connectivity index is 1.85. The number of hydrogen-bond acceptors (Lipinski definition) is 8. The van der Waals surface area contributed by atoms with Gasteiger partial charge in [-0.2, -0.15) is 0 Å². The molecule has 0 aliphatic carbocycles. The highest BCUT2D eigenvalue weighted by Crippen LogP contribution is 2.20. The van der Waals surface area contributed by atoms with Crippen LogP contribution in [0, 0.1) is 17.8 Å². The molecule has 3 rings (SSSR count). The summed E-state index contributed by atoms with van der Waals surface area (Å²) in [6, 6.07) is 18.4. The summed E-state index contributed by atoms with van der Waals surface area (Å²) < 4.78 is 5.29. The van der Waals surface area contributed by atoms with Gasteiger partial charge in [0.15, 0.2) is 0 Å². The van der Waals surface area contributed by atoms with Gasteiger partial charge in [0.05, 0.1) is 24.4 Å². The average Bonchev–Trinajstić information content (AvgIpc) is 3.08. The first-order valence-electron chi connectivity index (χ1n) is 16.4. The summed E-state index contributed by atoms with van der Waals surface area (Å²) in [5.74, 6) is -3.87. The van der Waals surface area contributed by atoms with Crippen molar-refractivity contribution in [3.8, 4) is 0 Å². The van der Waals surface area contributed by atoms with E-state index in [1.165, 1.54) is 0 Å². The van der Waals surface area contributed by atoms with Crippen molar-refractivity contribution in [2.75, 3.05) is 0 Å². The second-order valence-electron chi connectivity index (χ2n) is 12.8. The number of aliphatic hydroxyl groups excluding tert-OH is 2. The highest BCUT2D eigenvalue weighted by Gasteiger charge is 2.37. The van der Waals surface area contributed by atoms with Gasteiger partial charge in [0, 0.05) is 18.0 Å². The third kappa shape index (κ3) is 12.6. The quantitative estimate of drug-likeness (QED) is 0.118. The molecule has 6 atom stereocenters. The number of hydrogen-bond donors (Lipinski definition) is 6. The lowest BCUT2D eigenvalue weighted by Crippen LogP contribution is -2.60. The number of nitrogens with one attached hydrogen (secondary N) is 3. The second-order valence-corrected chi connectivity index (χ2v) is 12.8. The molecular weight excluding hydrogens is 628 g/mol. The van der Waals surface area contributed by atoms with Crippen molar-refractivity contribution in [2.45, 2.75) is 83.9 Å². The number of aliphatic carboxylic acids is 1. The Morgan fingerprint density at radius 3 is 1.65 bits per heavy atom. The number of nitrogens with zero attached hydrogens (tertiary/aromatic N) is 1. The Labute approximate surface area is 287 Å². The van der Waals surface area contributed by atoms with Crippen LogP contribution in [0.25, 0.3) is 0 Å². The summed E-state index contributed by atoms with van der Waals surface area (Å²) in [5.41, 5.74) is 2.19. The van der Waals surface area contributed by atoms with Crippen molar-refractivity contribution in [1.82, 2.24) is 20.9 Å². The summed E-state index contributed by atoms with van der Waals surface area (Å²) in [6.07, 6.45) is -1.02. The maximum Gasteiger partial charge on any atom is 0.408 e. The molecule has 0 saturated heterocycles. The summed E-state index contributed by atoms with van der Waals surface area (Å²) >= 11 is 0. The van der Waals surface area contributed by atoms with Crippen LogP contribution in [0.2, 0.25) is 0 Å². The molecule has 1 aromatic heterocycles. The molecule has 0 spiro atoms. The molecule has 3 aromatic rings. The van der Waals surface area contributed by atoms with E-state index < -0.39 is 66.5 Å². The zero-order valence-corrected chi connectivity index (χ0v) is 28.4. The number of amides is 3. The number of carbonyl (C=O) groups is 4. The van der Waals surface area contributed by atoms with Crippen molar-refractivity contribution in [1.29, 1.82) is 0 Å². The predicted octanol–water partition coefficient (Wildman–Crippen LogP) is 3.26. The van der Waals surface area contributed by atoms with Crippen LogP contribution in [0.4, 0.5) is 4.79 Å². The molecule has 264 valence electrons. The fraction of sp³-hybridized carbons (Fsp3) is 0.432. The van der Waals surface area contributed by atoms with Crippen LogP contribution in [0.1, 0.15) is 50.8 Å². The van der Waals surface area contributed by atoms with Crippen LogP contribution < -0.4 is 16.0 Å². The van der Waals surface area contributed by atoms with E-state index >= 15 is 0 Å². The Morgan fingerprint density at radius 1 is 0.694 bits per heavy atom. The maximum atomic E-state index is 13.7. The molecule has 2 aromatic carbocycles. The number of aromatic nitrogens is 1. The van der Waals surface area contributed by atoms with Crippen LogP contribution >= 0.6 is 0 Å². The monoisotopic (exact) mass is 676 g/mol. The van der Waals surface area contributed by atoms with E-state index in [-0.39, 0.29) is 31.3 Å². The van der Waals surface area contributed by atoms with Gasteiger partial charge < -0.3 is 36.0 Å². The molecule has 0 aliphatic rings. The van der Waals surface area contributed by atoms with E-state index in [2.05, 4.69) is 20.9 Å². The van der Waals surface area contributed by atoms with Crippen LogP contribution in [-0.2, 0) is 38.6 Å². The van der Waals surface area contributed by atoms with Crippen LogP contribution in [0.5, 0.6) is 0 Å². The zero-order valence-electron chi connectivity index (χ0n) is 28.4. The Morgan fingerprint density at radius 2 is 1.20 bits per heavy atom. The number of alkyl carbamates (subject to hydrolysis) is 1. The second kappa shape index (κ2) is 19.3. The Hall–Kier alpha value is -4.81. The minimum Gasteiger partial charge on any atom is -0.481 e. The first-order chi connectivity index (χ1) is 23.3. The summed E-state index contributed by atoms with van der Waals surface area (Å²) in [4.78, 5) is 55.3. The summed E-state index contributed by atoms with van der Waals surface area (Å²) in [6.45, 7) is 6.92. The van der Waals surface area contributed by atoms with Gasteiger partial charge in [0.25, 0.3) is 0 Å².